The smallest absolute Gasteiger partial charge is 0.376 e. The molecule has 354 valence electrons. The number of likely N-dealkylation sites (tertiary alicyclic amines) is 2. The molecule has 4 amide bonds. The predicted octanol–water partition coefficient (Wildman–Crippen LogP) is 3.84. The summed E-state index contributed by atoms with van der Waals surface area (Å²) in [7, 11) is 1.06. The van der Waals surface area contributed by atoms with Crippen LogP contribution in [0.2, 0.25) is 0 Å². The molecule has 4 aliphatic rings. The van der Waals surface area contributed by atoms with Gasteiger partial charge < -0.3 is 21.3 Å². The second-order valence-corrected chi connectivity index (χ2v) is 17.0. The maximum atomic E-state index is 12.7. The Kier molecular flexibility index (Phi) is 16.2. The van der Waals surface area contributed by atoms with Gasteiger partial charge in [0.1, 0.15) is 17.4 Å². The summed E-state index contributed by atoms with van der Waals surface area (Å²) < 4.78 is 4.23. The average molecular weight is 925 g/mol. The number of hydrazone groups is 1. The molecular weight excluding hydrogens is 869 g/mol. The van der Waals surface area contributed by atoms with E-state index in [9.17, 15) is 33.6 Å². The van der Waals surface area contributed by atoms with Crippen molar-refractivity contribution >= 4 is 41.2 Å². The lowest BCUT2D eigenvalue weighted by Crippen LogP contribution is -2.37. The van der Waals surface area contributed by atoms with Crippen molar-refractivity contribution in [1.82, 2.24) is 34.8 Å². The van der Waals surface area contributed by atoms with Crippen LogP contribution in [-0.4, -0.2) is 116 Å². The van der Waals surface area contributed by atoms with Crippen molar-refractivity contribution in [3.63, 3.8) is 0 Å². The fraction of sp³-hybridized carbons (Fsp3) is 0.320. The van der Waals surface area contributed by atoms with Gasteiger partial charge in [-0.25, -0.2) is 4.79 Å². The summed E-state index contributed by atoms with van der Waals surface area (Å²) in [4.78, 5) is 93.3. The van der Waals surface area contributed by atoms with Gasteiger partial charge in [0.15, 0.2) is 0 Å². The molecule has 0 radical (unpaired) electrons. The predicted molar refractivity (Wildman–Crippen MR) is 253 cm³/mol. The number of carbonyl (C=O) groups is 6. The number of nitrogens with two attached hydrogens (primary N) is 2. The first-order valence-electron chi connectivity index (χ1n) is 21.8. The SMILES string of the molecule is C.CC1CN(Cc2ccccc2)CC1C(N)=NN.CC1CN(Cc2ccccc2)CC1c1nnc(CN2C(=O)c3ccccc3C2=O)c(=O)[nH]1.COC(=O)C(=O)CN1C(=O)c2ccccc2C1=O. The molecule has 4 unspecified atom stereocenters. The Labute approximate surface area is 394 Å². The summed E-state index contributed by atoms with van der Waals surface area (Å²) in [5, 5.41) is 12.0. The maximum Gasteiger partial charge on any atom is 0.376 e. The van der Waals surface area contributed by atoms with Crippen molar-refractivity contribution in [3.05, 3.63) is 164 Å². The van der Waals surface area contributed by atoms with Gasteiger partial charge in [-0.1, -0.05) is 106 Å². The normalized spacial score (nSPS) is 19.9. The standard InChI is InChI=1S/C24H23N5O3.C13H20N4.C12H9NO5.CH4/c1-15-11-28(12-16-7-3-2-4-8-16)13-19(15)21-25-22(30)20(26-27-21)14-29-23(31)17-9-5-6-10-18(17)24(29)32;1-10-7-17(9-12(10)13(14)16-15)8-11-5-3-2-4-6-11;1-18-12(17)9(14)6-13-10(15)7-4-2-3-5-8(7)11(13)16;/h2-10,15,19H,11-14H2,1H3,(H,25,27,30);2-6,10,12H,7-9,15H2,1H3,(H2,14,16);2-5H,6H2,1H3;1H4. The first-order valence-corrected chi connectivity index (χ1v) is 21.8. The number of imide groups is 2. The van der Waals surface area contributed by atoms with Crippen LogP contribution < -0.4 is 17.1 Å². The third-order valence-electron chi connectivity index (χ3n) is 12.3. The van der Waals surface area contributed by atoms with E-state index < -0.39 is 47.5 Å². The number of esters is 1. The summed E-state index contributed by atoms with van der Waals surface area (Å²) in [6.45, 7) is 9.04. The number of fused-ring (bicyclic) bond motifs is 2. The lowest BCUT2D eigenvalue weighted by atomic mass is 9.97. The number of benzene rings is 4. The molecule has 0 aliphatic carbocycles. The van der Waals surface area contributed by atoms with Gasteiger partial charge in [0.25, 0.3) is 35.0 Å². The zero-order chi connectivity index (χ0) is 47.8. The molecule has 0 bridgehead atoms. The van der Waals surface area contributed by atoms with Crippen LogP contribution in [-0.2, 0) is 34.0 Å². The van der Waals surface area contributed by atoms with E-state index in [2.05, 4.69) is 85.1 Å². The van der Waals surface area contributed by atoms with Crippen molar-refractivity contribution in [2.75, 3.05) is 39.8 Å². The molecule has 4 aliphatic heterocycles. The number of nitrogens with zero attached hydrogens (tertiary/aromatic N) is 7. The van der Waals surface area contributed by atoms with E-state index in [1.807, 2.05) is 24.3 Å². The number of Topliss-reactive ketones (excluding diaryl/α,β-unsaturated/α-hetero) is 1. The lowest BCUT2D eigenvalue weighted by molar-refractivity contribution is -0.151. The molecule has 4 aromatic carbocycles. The summed E-state index contributed by atoms with van der Waals surface area (Å²) in [5.74, 6) is 3.56. The van der Waals surface area contributed by atoms with E-state index in [0.717, 1.165) is 56.2 Å². The minimum Gasteiger partial charge on any atom is -0.463 e. The number of nitrogens with one attached hydrogen (secondary N) is 1. The molecule has 0 saturated carbocycles. The number of carbonyl (C=O) groups excluding carboxylic acids is 6. The average Bonchev–Trinajstić information content (AvgIpc) is 4.04. The highest BCUT2D eigenvalue weighted by atomic mass is 16.5. The van der Waals surface area contributed by atoms with Gasteiger partial charge in [0, 0.05) is 51.1 Å². The molecule has 68 heavy (non-hydrogen) atoms. The van der Waals surface area contributed by atoms with Crippen molar-refractivity contribution < 1.29 is 33.5 Å². The highest BCUT2D eigenvalue weighted by Gasteiger charge is 2.39. The van der Waals surface area contributed by atoms with E-state index >= 15 is 0 Å². The third-order valence-corrected chi connectivity index (χ3v) is 12.3. The molecule has 5 heterocycles. The fourth-order valence-electron chi connectivity index (χ4n) is 8.79. The summed E-state index contributed by atoms with van der Waals surface area (Å²) in [5.41, 5.74) is 9.20. The molecule has 2 fully saturated rings. The van der Waals surface area contributed by atoms with Gasteiger partial charge in [-0.2, -0.15) is 5.10 Å². The molecule has 2 saturated heterocycles. The number of aromatic amines is 1. The largest absolute Gasteiger partial charge is 0.463 e. The summed E-state index contributed by atoms with van der Waals surface area (Å²) in [6.07, 6.45) is 0. The molecule has 5 aromatic rings. The number of amidine groups is 1. The number of hydrogen-bond donors (Lipinski definition) is 3. The van der Waals surface area contributed by atoms with Gasteiger partial charge in [0.05, 0.1) is 42.5 Å². The number of aromatic nitrogens is 3. The van der Waals surface area contributed by atoms with Crippen molar-refractivity contribution in [3.8, 4) is 0 Å². The lowest BCUT2D eigenvalue weighted by Gasteiger charge is -2.16. The van der Waals surface area contributed by atoms with E-state index in [-0.39, 0.29) is 36.7 Å². The van der Waals surface area contributed by atoms with Crippen molar-refractivity contribution in [2.24, 2.45) is 34.4 Å². The maximum absolute atomic E-state index is 12.7. The summed E-state index contributed by atoms with van der Waals surface area (Å²) in [6, 6.07) is 33.6. The highest BCUT2D eigenvalue weighted by Crippen LogP contribution is 2.31. The van der Waals surface area contributed by atoms with Gasteiger partial charge in [-0.15, -0.1) is 10.2 Å². The molecule has 18 nitrogen and oxygen atoms in total. The Hall–Kier alpha value is -7.70. The molecule has 18 heteroatoms. The van der Waals surface area contributed by atoms with Crippen LogP contribution in [0.5, 0.6) is 0 Å². The Morgan fingerprint density at radius 3 is 1.57 bits per heavy atom. The number of methoxy groups -OCH3 is 1. The van der Waals surface area contributed by atoms with Crippen LogP contribution in [0.1, 0.15) is 91.3 Å². The fourth-order valence-corrected chi connectivity index (χ4v) is 8.79. The molecule has 9 rings (SSSR count). The number of amides is 4. The van der Waals surface area contributed by atoms with Crippen LogP contribution in [0, 0.1) is 17.8 Å². The number of ketones is 1. The second kappa shape index (κ2) is 22.2. The van der Waals surface area contributed by atoms with Crippen LogP contribution >= 0.6 is 0 Å². The number of hydrogen-bond acceptors (Lipinski definition) is 14. The molecular formula is C50H56N10O8. The van der Waals surface area contributed by atoms with Crippen molar-refractivity contribution in [1.29, 1.82) is 0 Å². The van der Waals surface area contributed by atoms with Gasteiger partial charge >= 0.3 is 5.97 Å². The molecule has 5 N–H and O–H groups in total. The van der Waals surface area contributed by atoms with Gasteiger partial charge in [0.2, 0.25) is 0 Å². The third kappa shape index (κ3) is 11.1. The quantitative estimate of drug-likeness (QED) is 0.0324. The van der Waals surface area contributed by atoms with Gasteiger partial charge in [-0.3, -0.25) is 48.4 Å². The first-order chi connectivity index (χ1) is 32.3. The minimum atomic E-state index is -1.08. The highest BCUT2D eigenvalue weighted by molar-refractivity contribution is 6.36. The second-order valence-electron chi connectivity index (χ2n) is 17.0. The zero-order valence-corrected chi connectivity index (χ0v) is 37.4. The van der Waals surface area contributed by atoms with Crippen LogP contribution in [0.15, 0.2) is 119 Å². The summed E-state index contributed by atoms with van der Waals surface area (Å²) >= 11 is 0. The zero-order valence-electron chi connectivity index (χ0n) is 37.4. The first kappa shape index (κ1) is 49.7. The number of H-pyrrole nitrogens is 1. The van der Waals surface area contributed by atoms with Crippen LogP contribution in [0.3, 0.4) is 0 Å². The van der Waals surface area contributed by atoms with Crippen LogP contribution in [0.4, 0.5) is 0 Å². The molecule has 1 aromatic heterocycles. The minimum absolute atomic E-state index is 0. The Balaban J connectivity index is 0.000000181. The Morgan fingerprint density at radius 1 is 0.647 bits per heavy atom. The Bertz CT molecular complexity index is 2680. The topological polar surface area (TPSA) is 248 Å². The van der Waals surface area contributed by atoms with E-state index in [1.165, 1.54) is 23.3 Å². The van der Waals surface area contributed by atoms with Crippen molar-refractivity contribution in [2.45, 2.75) is 46.8 Å². The van der Waals surface area contributed by atoms with Crippen LogP contribution in [0.25, 0.3) is 0 Å². The van der Waals surface area contributed by atoms with E-state index in [4.69, 9.17) is 11.6 Å². The number of ether oxygens (including phenoxy) is 1. The monoisotopic (exact) mass is 924 g/mol. The molecule has 0 spiro atoms. The van der Waals surface area contributed by atoms with E-state index in [1.54, 1.807) is 36.4 Å². The number of rotatable bonds is 11. The van der Waals surface area contributed by atoms with E-state index in [0.29, 0.717) is 40.5 Å². The molecule has 4 atom stereocenters. The Morgan fingerprint density at radius 2 is 1.10 bits per heavy atom. The van der Waals surface area contributed by atoms with Gasteiger partial charge in [-0.05, 0) is 47.2 Å².